The second kappa shape index (κ2) is 6.81. The summed E-state index contributed by atoms with van der Waals surface area (Å²) in [4.78, 5) is 38.5. The maximum atomic E-state index is 13.3. The molecule has 0 N–H and O–H groups in total. The second-order valence-electron chi connectivity index (χ2n) is 7.32. The summed E-state index contributed by atoms with van der Waals surface area (Å²) in [7, 11) is 0. The number of carbonyl (C=O) groups excluding carboxylic acids is 1. The third-order valence-electron chi connectivity index (χ3n) is 5.65. The Labute approximate surface area is 170 Å². The van der Waals surface area contributed by atoms with Gasteiger partial charge in [-0.15, -0.1) is 0 Å². The van der Waals surface area contributed by atoms with E-state index in [0.29, 0.717) is 40.5 Å². The van der Waals surface area contributed by atoms with Crippen LogP contribution < -0.4 is 10.3 Å². The third kappa shape index (κ3) is 2.75. The highest BCUT2D eigenvalue weighted by atomic mass is 16.6. The molecule has 0 unspecified atom stereocenters. The summed E-state index contributed by atoms with van der Waals surface area (Å²) in [6.45, 7) is 0.509. The number of non-ortho nitro benzene ring substituents is 1. The summed E-state index contributed by atoms with van der Waals surface area (Å²) in [5.74, 6) is -0.173. The van der Waals surface area contributed by atoms with Crippen LogP contribution in [0.1, 0.15) is 5.56 Å². The van der Waals surface area contributed by atoms with Crippen molar-refractivity contribution in [1.82, 2.24) is 4.57 Å². The first-order chi connectivity index (χ1) is 14.5. The molecule has 7 nitrogen and oxygen atoms in total. The first-order valence-corrected chi connectivity index (χ1v) is 9.62. The number of benzene rings is 3. The van der Waals surface area contributed by atoms with Gasteiger partial charge in [0, 0.05) is 29.4 Å². The molecule has 7 heteroatoms. The highest BCUT2D eigenvalue weighted by molar-refractivity contribution is 5.99. The summed E-state index contributed by atoms with van der Waals surface area (Å²) >= 11 is 0. The van der Waals surface area contributed by atoms with Crippen LogP contribution in [0.25, 0.3) is 21.8 Å². The van der Waals surface area contributed by atoms with E-state index in [1.54, 1.807) is 35.2 Å². The standard InChI is InChI=1S/C23H17N3O4/c27-22(24-12-11-15-9-10-16(26(29)30)13-21(15)24)14-25-19-7-3-1-5-17(19)23(28)18-6-2-4-8-20(18)25/h1-10,13H,11-12,14H2. The molecule has 0 atom stereocenters. The average molecular weight is 399 g/mol. The fraction of sp³-hybridized carbons (Fsp3) is 0.130. The van der Waals surface area contributed by atoms with Gasteiger partial charge in [0.1, 0.15) is 6.54 Å². The molecule has 0 saturated carbocycles. The van der Waals surface area contributed by atoms with Crippen molar-refractivity contribution in [3.63, 3.8) is 0 Å². The number of rotatable bonds is 3. The number of pyridine rings is 1. The lowest BCUT2D eigenvalue weighted by Gasteiger charge is -2.20. The molecule has 1 aromatic heterocycles. The summed E-state index contributed by atoms with van der Waals surface area (Å²) in [6, 6.07) is 19.1. The topological polar surface area (TPSA) is 85.5 Å². The van der Waals surface area contributed by atoms with Gasteiger partial charge < -0.3 is 9.47 Å². The van der Waals surface area contributed by atoms with Crippen LogP contribution >= 0.6 is 0 Å². The minimum absolute atomic E-state index is 0.0312. The van der Waals surface area contributed by atoms with Crippen LogP contribution in [0.2, 0.25) is 0 Å². The van der Waals surface area contributed by atoms with E-state index in [2.05, 4.69) is 0 Å². The van der Waals surface area contributed by atoms with Gasteiger partial charge in [0.25, 0.3) is 5.69 Å². The molecule has 0 spiro atoms. The first-order valence-electron chi connectivity index (χ1n) is 9.62. The highest BCUT2D eigenvalue weighted by Gasteiger charge is 2.27. The lowest BCUT2D eigenvalue weighted by atomic mass is 10.1. The van der Waals surface area contributed by atoms with Crippen LogP contribution in [0.5, 0.6) is 0 Å². The lowest BCUT2D eigenvalue weighted by molar-refractivity contribution is -0.384. The fourth-order valence-electron chi connectivity index (χ4n) is 4.21. The van der Waals surface area contributed by atoms with E-state index in [-0.39, 0.29) is 23.6 Å². The van der Waals surface area contributed by atoms with Crippen LogP contribution in [0.3, 0.4) is 0 Å². The number of amides is 1. The largest absolute Gasteiger partial charge is 0.331 e. The Kier molecular flexibility index (Phi) is 4.10. The summed E-state index contributed by atoms with van der Waals surface area (Å²) in [5, 5.41) is 12.3. The quantitative estimate of drug-likeness (QED) is 0.299. The van der Waals surface area contributed by atoms with Gasteiger partial charge in [0.15, 0.2) is 5.43 Å². The number of anilines is 1. The molecule has 5 rings (SSSR count). The van der Waals surface area contributed by atoms with E-state index in [1.807, 2.05) is 28.8 Å². The molecule has 0 radical (unpaired) electrons. The number of fused-ring (bicyclic) bond motifs is 3. The van der Waals surface area contributed by atoms with Gasteiger partial charge in [0.2, 0.25) is 5.91 Å². The third-order valence-corrected chi connectivity index (χ3v) is 5.65. The number of nitrogens with zero attached hydrogens (tertiary/aromatic N) is 3. The molecule has 30 heavy (non-hydrogen) atoms. The van der Waals surface area contributed by atoms with E-state index in [9.17, 15) is 19.7 Å². The molecule has 0 aliphatic carbocycles. The van der Waals surface area contributed by atoms with Crippen molar-refractivity contribution in [1.29, 1.82) is 0 Å². The first kappa shape index (κ1) is 18.1. The van der Waals surface area contributed by atoms with Crippen molar-refractivity contribution in [2.24, 2.45) is 0 Å². The zero-order chi connectivity index (χ0) is 20.8. The zero-order valence-corrected chi connectivity index (χ0v) is 15.9. The van der Waals surface area contributed by atoms with Crippen LogP contribution in [0, 0.1) is 10.1 Å². The van der Waals surface area contributed by atoms with Gasteiger partial charge in [-0.1, -0.05) is 30.3 Å². The van der Waals surface area contributed by atoms with Crippen LogP contribution in [0.15, 0.2) is 71.5 Å². The van der Waals surface area contributed by atoms with Crippen LogP contribution in [-0.2, 0) is 17.8 Å². The normalized spacial score (nSPS) is 13.0. The summed E-state index contributed by atoms with van der Waals surface area (Å²) in [5.41, 5.74) is 2.79. The van der Waals surface area contributed by atoms with E-state index in [1.165, 1.54) is 12.1 Å². The van der Waals surface area contributed by atoms with Gasteiger partial charge >= 0.3 is 0 Å². The average Bonchev–Trinajstić information content (AvgIpc) is 3.20. The van der Waals surface area contributed by atoms with E-state index in [4.69, 9.17) is 0 Å². The lowest BCUT2D eigenvalue weighted by Crippen LogP contribution is -2.32. The second-order valence-corrected chi connectivity index (χ2v) is 7.32. The predicted octanol–water partition coefficient (Wildman–Crippen LogP) is 3.65. The van der Waals surface area contributed by atoms with Crippen molar-refractivity contribution in [2.75, 3.05) is 11.4 Å². The SMILES string of the molecule is O=C(Cn1c2ccccc2c(=O)c2ccccc21)N1CCc2ccc([N+](=O)[O-])cc21. The number of nitro benzene ring substituents is 1. The minimum atomic E-state index is -0.454. The molecule has 0 bridgehead atoms. The molecule has 1 aliphatic heterocycles. The minimum Gasteiger partial charge on any atom is -0.331 e. The molecule has 3 aromatic carbocycles. The van der Waals surface area contributed by atoms with Crippen LogP contribution in [0.4, 0.5) is 11.4 Å². The predicted molar refractivity (Wildman–Crippen MR) is 115 cm³/mol. The van der Waals surface area contributed by atoms with Crippen LogP contribution in [-0.4, -0.2) is 21.9 Å². The summed E-state index contributed by atoms with van der Waals surface area (Å²) < 4.78 is 1.85. The van der Waals surface area contributed by atoms with Gasteiger partial charge in [-0.05, 0) is 36.2 Å². The number of nitro groups is 1. The molecule has 1 amide bonds. The Morgan fingerprint density at radius 2 is 1.60 bits per heavy atom. The van der Waals surface area contributed by atoms with Crippen molar-refractivity contribution >= 4 is 39.1 Å². The smallest absolute Gasteiger partial charge is 0.271 e. The summed E-state index contributed by atoms with van der Waals surface area (Å²) in [6.07, 6.45) is 0.657. The maximum Gasteiger partial charge on any atom is 0.271 e. The Morgan fingerprint density at radius 1 is 0.967 bits per heavy atom. The molecule has 2 heterocycles. The van der Waals surface area contributed by atoms with Crippen molar-refractivity contribution in [3.8, 4) is 0 Å². The van der Waals surface area contributed by atoms with Gasteiger partial charge in [-0.25, -0.2) is 0 Å². The van der Waals surface area contributed by atoms with Crippen molar-refractivity contribution < 1.29 is 9.72 Å². The molecule has 1 aliphatic rings. The van der Waals surface area contributed by atoms with Crippen molar-refractivity contribution in [3.05, 3.63) is 92.6 Å². The Bertz CT molecular complexity index is 1350. The van der Waals surface area contributed by atoms with Gasteiger partial charge in [-0.3, -0.25) is 19.7 Å². The molecule has 0 fully saturated rings. The maximum absolute atomic E-state index is 13.3. The number of hydrogen-bond acceptors (Lipinski definition) is 4. The molecular weight excluding hydrogens is 382 g/mol. The fourth-order valence-corrected chi connectivity index (χ4v) is 4.21. The molecular formula is C23H17N3O4. The Morgan fingerprint density at radius 3 is 2.23 bits per heavy atom. The highest BCUT2D eigenvalue weighted by Crippen LogP contribution is 2.32. The zero-order valence-electron chi connectivity index (χ0n) is 15.9. The molecule has 4 aromatic rings. The monoisotopic (exact) mass is 399 g/mol. The Balaban J connectivity index is 1.62. The van der Waals surface area contributed by atoms with Crippen molar-refractivity contribution in [2.45, 2.75) is 13.0 Å². The van der Waals surface area contributed by atoms with E-state index in [0.717, 1.165) is 5.56 Å². The Hall–Kier alpha value is -4.00. The van der Waals surface area contributed by atoms with Gasteiger partial charge in [-0.2, -0.15) is 0 Å². The molecule has 0 saturated heterocycles. The van der Waals surface area contributed by atoms with Gasteiger partial charge in [0.05, 0.1) is 21.6 Å². The van der Waals surface area contributed by atoms with E-state index >= 15 is 0 Å². The molecule has 148 valence electrons. The number of hydrogen-bond donors (Lipinski definition) is 0. The number of para-hydroxylation sites is 2. The number of carbonyl (C=O) groups is 1. The van der Waals surface area contributed by atoms with E-state index < -0.39 is 4.92 Å². The number of aromatic nitrogens is 1.